The van der Waals surface area contributed by atoms with Crippen LogP contribution in [0.25, 0.3) is 0 Å². The molecule has 4 N–H and O–H groups in total. The molecule has 0 radical (unpaired) electrons. The number of urea groups is 1. The maximum atomic E-state index is 12.2. The monoisotopic (exact) mass is 405 g/mol. The molecule has 0 saturated heterocycles. The fraction of sp³-hybridized carbons (Fsp3) is 0.0952. The molecule has 1 unspecified atom stereocenters. The molecular formula is C21H19N5O4. The molecule has 2 amide bonds. The van der Waals surface area contributed by atoms with Crippen LogP contribution in [0.2, 0.25) is 0 Å². The Morgan fingerprint density at radius 3 is 2.60 bits per heavy atom. The number of benzene rings is 2. The van der Waals surface area contributed by atoms with Gasteiger partial charge in [0.1, 0.15) is 12.5 Å². The number of esters is 1. The molecule has 0 aliphatic carbocycles. The average molecular weight is 405 g/mol. The third-order valence-corrected chi connectivity index (χ3v) is 4.74. The van der Waals surface area contributed by atoms with Gasteiger partial charge in [-0.25, -0.2) is 14.6 Å². The summed E-state index contributed by atoms with van der Waals surface area (Å²) in [5.41, 5.74) is 14.8. The molecule has 1 aromatic heterocycles. The summed E-state index contributed by atoms with van der Waals surface area (Å²) in [5, 5.41) is 0. The number of nitrogens with zero attached hydrogens (tertiary/aromatic N) is 3. The Morgan fingerprint density at radius 1 is 1.13 bits per heavy atom. The van der Waals surface area contributed by atoms with E-state index in [1.54, 1.807) is 66.0 Å². The summed E-state index contributed by atoms with van der Waals surface area (Å²) in [6, 6.07) is 14.6. The van der Waals surface area contributed by atoms with Crippen molar-refractivity contribution in [3.8, 4) is 0 Å². The molecule has 0 bridgehead atoms. The highest BCUT2D eigenvalue weighted by Gasteiger charge is 2.25. The zero-order valence-corrected chi connectivity index (χ0v) is 16.1. The topological polar surface area (TPSA) is 127 Å². The van der Waals surface area contributed by atoms with E-state index in [1.165, 1.54) is 18.1 Å². The van der Waals surface area contributed by atoms with E-state index in [-0.39, 0.29) is 0 Å². The highest BCUT2D eigenvalue weighted by Crippen LogP contribution is 2.35. The minimum atomic E-state index is -0.691. The lowest BCUT2D eigenvalue weighted by atomic mass is 10.1. The normalized spacial score (nSPS) is 14.9. The molecule has 2 heterocycles. The van der Waals surface area contributed by atoms with Crippen LogP contribution >= 0.6 is 0 Å². The standard InChI is InChI=1S/C21H19N5O4/c1-29-20(27)13-3-2-4-16(11-13)26(21(23)28)15-7-5-14(6-8-15)25-12-24-19-17(18(25)22)9-10-30-19/h2-12,18H,22H2,1H3,(H2,23,28). The Hall–Kier alpha value is -4.11. The number of rotatable bonds is 4. The predicted octanol–water partition coefficient (Wildman–Crippen LogP) is 3.42. The number of carbonyl (C=O) groups excluding carboxylic acids is 2. The molecule has 1 atom stereocenters. The number of anilines is 3. The zero-order chi connectivity index (χ0) is 21.3. The molecule has 1 aliphatic rings. The van der Waals surface area contributed by atoms with E-state index in [2.05, 4.69) is 4.99 Å². The average Bonchev–Trinajstić information content (AvgIpc) is 3.24. The highest BCUT2D eigenvalue weighted by atomic mass is 16.5. The van der Waals surface area contributed by atoms with E-state index in [9.17, 15) is 9.59 Å². The van der Waals surface area contributed by atoms with Gasteiger partial charge in [-0.1, -0.05) is 6.07 Å². The van der Waals surface area contributed by atoms with Gasteiger partial charge in [-0.15, -0.1) is 0 Å². The fourth-order valence-corrected chi connectivity index (χ4v) is 3.27. The first kappa shape index (κ1) is 19.2. The van der Waals surface area contributed by atoms with Crippen molar-refractivity contribution in [1.82, 2.24) is 0 Å². The lowest BCUT2D eigenvalue weighted by molar-refractivity contribution is 0.0600. The van der Waals surface area contributed by atoms with Crippen LogP contribution in [0.5, 0.6) is 0 Å². The number of primary amides is 1. The summed E-state index contributed by atoms with van der Waals surface area (Å²) in [7, 11) is 1.29. The van der Waals surface area contributed by atoms with Gasteiger partial charge in [0.05, 0.1) is 35.9 Å². The summed E-state index contributed by atoms with van der Waals surface area (Å²) < 4.78 is 10.0. The fourth-order valence-electron chi connectivity index (χ4n) is 3.27. The Bertz CT molecular complexity index is 1120. The maximum absolute atomic E-state index is 12.2. The molecule has 0 saturated carbocycles. The number of fused-ring (bicyclic) bond motifs is 1. The number of ether oxygens (including phenoxy) is 1. The number of carbonyl (C=O) groups is 2. The van der Waals surface area contributed by atoms with Crippen molar-refractivity contribution in [2.45, 2.75) is 6.17 Å². The van der Waals surface area contributed by atoms with Gasteiger partial charge in [0.2, 0.25) is 5.88 Å². The first-order chi connectivity index (χ1) is 14.5. The van der Waals surface area contributed by atoms with Crippen LogP contribution in [0, 0.1) is 0 Å². The lowest BCUT2D eigenvalue weighted by Crippen LogP contribution is -2.35. The summed E-state index contributed by atoms with van der Waals surface area (Å²) in [5.74, 6) is -0.0191. The van der Waals surface area contributed by atoms with Crippen LogP contribution < -0.4 is 21.3 Å². The number of aliphatic imine (C=N–C) groups is 1. The molecule has 0 fully saturated rings. The van der Waals surface area contributed by atoms with Crippen LogP contribution in [0.4, 0.5) is 27.7 Å². The molecule has 4 rings (SSSR count). The van der Waals surface area contributed by atoms with Gasteiger partial charge >= 0.3 is 12.0 Å². The van der Waals surface area contributed by atoms with Crippen LogP contribution in [-0.4, -0.2) is 25.4 Å². The first-order valence-electron chi connectivity index (χ1n) is 9.03. The number of furan rings is 1. The number of hydrogen-bond acceptors (Lipinski definition) is 7. The molecule has 0 spiro atoms. The quantitative estimate of drug-likeness (QED) is 0.640. The van der Waals surface area contributed by atoms with Gasteiger partial charge < -0.3 is 25.5 Å². The van der Waals surface area contributed by atoms with Crippen molar-refractivity contribution in [2.24, 2.45) is 16.5 Å². The molecule has 9 nitrogen and oxygen atoms in total. The Labute approximate surface area is 172 Å². The van der Waals surface area contributed by atoms with Crippen LogP contribution in [0.1, 0.15) is 22.1 Å². The van der Waals surface area contributed by atoms with Gasteiger partial charge in [-0.2, -0.15) is 0 Å². The summed E-state index contributed by atoms with van der Waals surface area (Å²) in [4.78, 5) is 31.3. The van der Waals surface area contributed by atoms with Crippen molar-refractivity contribution in [3.63, 3.8) is 0 Å². The smallest absolute Gasteiger partial charge is 0.337 e. The summed E-state index contributed by atoms with van der Waals surface area (Å²) in [6.45, 7) is 0. The van der Waals surface area contributed by atoms with Gasteiger partial charge in [0.15, 0.2) is 0 Å². The second kappa shape index (κ2) is 7.72. The molecular weight excluding hydrogens is 386 g/mol. The van der Waals surface area contributed by atoms with Crippen molar-refractivity contribution >= 4 is 41.3 Å². The van der Waals surface area contributed by atoms with Crippen LogP contribution in [0.15, 0.2) is 70.3 Å². The van der Waals surface area contributed by atoms with E-state index in [0.29, 0.717) is 22.8 Å². The third kappa shape index (κ3) is 3.38. The molecule has 152 valence electrons. The van der Waals surface area contributed by atoms with Crippen LogP contribution in [-0.2, 0) is 4.74 Å². The van der Waals surface area contributed by atoms with E-state index in [1.807, 2.05) is 0 Å². The van der Waals surface area contributed by atoms with Gasteiger partial charge in [-0.3, -0.25) is 4.90 Å². The SMILES string of the molecule is COC(=O)c1cccc(N(C(N)=O)c2ccc(N3C=Nc4occc4C3N)cc2)c1. The third-order valence-electron chi connectivity index (χ3n) is 4.74. The van der Waals surface area contributed by atoms with E-state index >= 15 is 0 Å². The van der Waals surface area contributed by atoms with Crippen molar-refractivity contribution in [1.29, 1.82) is 0 Å². The summed E-state index contributed by atoms with van der Waals surface area (Å²) >= 11 is 0. The van der Waals surface area contributed by atoms with Crippen molar-refractivity contribution in [3.05, 3.63) is 72.0 Å². The maximum Gasteiger partial charge on any atom is 0.337 e. The molecule has 2 aromatic carbocycles. The van der Waals surface area contributed by atoms with Gasteiger partial charge in [0.25, 0.3) is 0 Å². The van der Waals surface area contributed by atoms with E-state index in [4.69, 9.17) is 20.6 Å². The number of amides is 2. The van der Waals surface area contributed by atoms with Crippen molar-refractivity contribution < 1.29 is 18.7 Å². The number of hydrogen-bond donors (Lipinski definition) is 2. The molecule has 3 aromatic rings. The van der Waals surface area contributed by atoms with Gasteiger partial charge in [-0.05, 0) is 48.5 Å². The largest absolute Gasteiger partial charge is 0.465 e. The predicted molar refractivity (Wildman–Crippen MR) is 112 cm³/mol. The zero-order valence-electron chi connectivity index (χ0n) is 16.1. The Balaban J connectivity index is 1.64. The molecule has 1 aliphatic heterocycles. The van der Waals surface area contributed by atoms with Crippen molar-refractivity contribution in [2.75, 3.05) is 16.9 Å². The molecule has 30 heavy (non-hydrogen) atoms. The second-order valence-electron chi connectivity index (χ2n) is 6.51. The first-order valence-corrected chi connectivity index (χ1v) is 9.03. The minimum absolute atomic E-state index is 0.310. The number of methoxy groups -OCH3 is 1. The highest BCUT2D eigenvalue weighted by molar-refractivity contribution is 6.00. The Kier molecular flexibility index (Phi) is 4.95. The van der Waals surface area contributed by atoms with E-state index in [0.717, 1.165) is 11.3 Å². The van der Waals surface area contributed by atoms with Crippen LogP contribution in [0.3, 0.4) is 0 Å². The van der Waals surface area contributed by atoms with E-state index < -0.39 is 18.2 Å². The lowest BCUT2D eigenvalue weighted by Gasteiger charge is -2.29. The van der Waals surface area contributed by atoms with Gasteiger partial charge in [0, 0.05) is 5.69 Å². The second-order valence-corrected chi connectivity index (χ2v) is 6.51. The minimum Gasteiger partial charge on any atom is -0.465 e. The number of nitrogens with two attached hydrogens (primary N) is 2. The summed E-state index contributed by atoms with van der Waals surface area (Å²) in [6.07, 6.45) is 2.69. The molecule has 9 heteroatoms. The Morgan fingerprint density at radius 2 is 1.90 bits per heavy atom.